The summed E-state index contributed by atoms with van der Waals surface area (Å²) in [6, 6.07) is 11.6. The summed E-state index contributed by atoms with van der Waals surface area (Å²) in [7, 11) is -2.11. The number of sulfonamides is 1. The van der Waals surface area contributed by atoms with Crippen molar-refractivity contribution in [2.45, 2.75) is 75.1 Å². The van der Waals surface area contributed by atoms with Crippen LogP contribution in [0.2, 0.25) is 5.02 Å². The Bertz CT molecular complexity index is 1570. The van der Waals surface area contributed by atoms with Gasteiger partial charge in [-0.3, -0.25) is 4.79 Å². The van der Waals surface area contributed by atoms with Gasteiger partial charge in [0.05, 0.1) is 23.6 Å². The summed E-state index contributed by atoms with van der Waals surface area (Å²) in [4.78, 5) is 16.0. The maximum absolute atomic E-state index is 13.7. The minimum atomic E-state index is -3.88. The molecule has 2 aliphatic heterocycles. The molecule has 2 fully saturated rings. The number of carbonyl (C=O) groups excluding carboxylic acids is 1. The molecule has 2 aromatic carbocycles. The highest BCUT2D eigenvalue weighted by molar-refractivity contribution is 7.90. The molecule has 5 aliphatic rings. The van der Waals surface area contributed by atoms with Gasteiger partial charge < -0.3 is 14.4 Å². The number of amides is 1. The zero-order valence-electron chi connectivity index (χ0n) is 25.6. The van der Waals surface area contributed by atoms with Gasteiger partial charge in [-0.2, -0.15) is 0 Å². The lowest BCUT2D eigenvalue weighted by Gasteiger charge is -2.46. The van der Waals surface area contributed by atoms with E-state index in [1.54, 1.807) is 13.2 Å². The summed E-state index contributed by atoms with van der Waals surface area (Å²) in [6.45, 7) is 4.07. The maximum atomic E-state index is 13.7. The van der Waals surface area contributed by atoms with E-state index in [0.717, 1.165) is 74.5 Å². The average molecular weight is 639 g/mol. The number of aryl methyl sites for hydroxylation is 1. The molecular formula is C35H43ClN2O5S. The largest absolute Gasteiger partial charge is 0.490 e. The van der Waals surface area contributed by atoms with Gasteiger partial charge in [0, 0.05) is 36.2 Å². The zero-order valence-corrected chi connectivity index (χ0v) is 27.2. The van der Waals surface area contributed by atoms with Crippen LogP contribution in [0.25, 0.3) is 0 Å². The number of nitrogens with one attached hydrogen (secondary N) is 1. The second kappa shape index (κ2) is 11.7. The quantitative estimate of drug-likeness (QED) is 0.390. The fourth-order valence-corrected chi connectivity index (χ4v) is 10.7. The summed E-state index contributed by atoms with van der Waals surface area (Å²) in [5.41, 5.74) is 3.53. The third-order valence-electron chi connectivity index (χ3n) is 11.0. The van der Waals surface area contributed by atoms with Crippen molar-refractivity contribution in [3.8, 4) is 5.75 Å². The summed E-state index contributed by atoms with van der Waals surface area (Å²) in [5, 5.41) is 0.144. The highest BCUT2D eigenvalue weighted by atomic mass is 35.5. The summed E-state index contributed by atoms with van der Waals surface area (Å²) in [6.07, 6.45) is 11.9. The number of nitrogens with zero attached hydrogens (tertiary/aromatic N) is 1. The predicted molar refractivity (Wildman–Crippen MR) is 173 cm³/mol. The number of ether oxygens (including phenoxy) is 2. The van der Waals surface area contributed by atoms with E-state index in [9.17, 15) is 13.2 Å². The van der Waals surface area contributed by atoms with Crippen molar-refractivity contribution < 1.29 is 22.7 Å². The molecule has 6 atom stereocenters. The zero-order chi connectivity index (χ0) is 30.6. The Kier molecular flexibility index (Phi) is 7.99. The van der Waals surface area contributed by atoms with Crippen molar-refractivity contribution in [2.75, 3.05) is 31.7 Å². The first-order valence-corrected chi connectivity index (χ1v) is 18.2. The van der Waals surface area contributed by atoms with E-state index in [0.29, 0.717) is 30.4 Å². The van der Waals surface area contributed by atoms with Gasteiger partial charge in [-0.1, -0.05) is 36.7 Å². The van der Waals surface area contributed by atoms with E-state index in [1.165, 1.54) is 11.1 Å². The van der Waals surface area contributed by atoms with Crippen LogP contribution in [0.1, 0.15) is 73.4 Å². The van der Waals surface area contributed by atoms with E-state index >= 15 is 0 Å². The third kappa shape index (κ3) is 5.56. The number of carbonyl (C=O) groups is 1. The molecule has 2 heterocycles. The minimum absolute atomic E-state index is 0.0231. The van der Waals surface area contributed by atoms with Crippen LogP contribution in [0.5, 0.6) is 5.75 Å². The first kappa shape index (κ1) is 30.1. The number of allylic oxidation sites excluding steroid dienone is 1. The highest BCUT2D eigenvalue weighted by Crippen LogP contribution is 2.47. The molecule has 1 amide bonds. The lowest BCUT2D eigenvalue weighted by molar-refractivity contribution is 0.0131. The third-order valence-corrected chi connectivity index (χ3v) is 13.3. The lowest BCUT2D eigenvalue weighted by Crippen LogP contribution is -2.49. The van der Waals surface area contributed by atoms with Gasteiger partial charge in [-0.25, -0.2) is 13.1 Å². The smallest absolute Gasteiger partial charge is 0.264 e. The normalized spacial score (nSPS) is 34.0. The number of fused-ring (bicyclic) bond motifs is 4. The summed E-state index contributed by atoms with van der Waals surface area (Å²) >= 11 is 6.42. The molecule has 2 bridgehead atoms. The second-order valence-corrected chi connectivity index (χ2v) is 16.2. The second-order valence-electron chi connectivity index (χ2n) is 13.9. The Balaban J connectivity index is 1.30. The molecule has 0 radical (unpaired) electrons. The Morgan fingerprint density at radius 3 is 2.66 bits per heavy atom. The van der Waals surface area contributed by atoms with Crippen molar-refractivity contribution in [1.29, 1.82) is 0 Å². The molecule has 44 heavy (non-hydrogen) atoms. The van der Waals surface area contributed by atoms with Gasteiger partial charge in [0.1, 0.15) is 5.75 Å². The molecule has 2 aromatic rings. The topological polar surface area (TPSA) is 84.9 Å². The van der Waals surface area contributed by atoms with Crippen LogP contribution in [-0.4, -0.2) is 52.5 Å². The van der Waals surface area contributed by atoms with Crippen molar-refractivity contribution in [3.05, 3.63) is 70.3 Å². The summed E-state index contributed by atoms with van der Waals surface area (Å²) in [5.74, 6) is 0.903. The van der Waals surface area contributed by atoms with Gasteiger partial charge in [0.15, 0.2) is 0 Å². The molecule has 2 saturated carbocycles. The number of anilines is 1. The van der Waals surface area contributed by atoms with Gasteiger partial charge in [0.25, 0.3) is 5.91 Å². The number of hydrogen-bond donors (Lipinski definition) is 1. The molecular weight excluding hydrogens is 596 g/mol. The van der Waals surface area contributed by atoms with E-state index in [2.05, 4.69) is 33.9 Å². The number of benzene rings is 2. The molecule has 1 N–H and O–H groups in total. The maximum Gasteiger partial charge on any atom is 0.264 e. The van der Waals surface area contributed by atoms with Crippen LogP contribution < -0.4 is 14.4 Å². The van der Waals surface area contributed by atoms with Gasteiger partial charge in [-0.15, -0.1) is 0 Å². The van der Waals surface area contributed by atoms with Crippen LogP contribution in [0.15, 0.2) is 48.6 Å². The van der Waals surface area contributed by atoms with Gasteiger partial charge in [0.2, 0.25) is 10.0 Å². The first-order valence-electron chi connectivity index (χ1n) is 16.2. The van der Waals surface area contributed by atoms with E-state index < -0.39 is 21.2 Å². The lowest BCUT2D eigenvalue weighted by atomic mass is 9.68. The molecule has 7 rings (SSSR count). The SMILES string of the molecule is CO[C@H]1/C=C\C[C@H](C)[C@H](C2CC2)S(=O)(=O)NC(=O)c2ccc3c(c2)N(C[C@@H]2CC[C@H]21)C[C@@]1(CCCc2cc(Cl)ccc21)CO3. The average Bonchev–Trinajstić information content (AvgIpc) is 3.82. The first-order chi connectivity index (χ1) is 21.2. The van der Waals surface area contributed by atoms with Gasteiger partial charge in [-0.05, 0) is 116 Å². The van der Waals surface area contributed by atoms with E-state index in [1.807, 2.05) is 25.1 Å². The Hall–Kier alpha value is -2.55. The predicted octanol–water partition coefficient (Wildman–Crippen LogP) is 6.29. The summed E-state index contributed by atoms with van der Waals surface area (Å²) < 4.78 is 42.5. The van der Waals surface area contributed by atoms with Crippen molar-refractivity contribution in [3.63, 3.8) is 0 Å². The Morgan fingerprint density at radius 1 is 1.09 bits per heavy atom. The van der Waals surface area contributed by atoms with Crippen molar-refractivity contribution >= 4 is 33.2 Å². The standard InChI is InChI=1S/C35H43ClN2O5S/c1-22-5-3-7-31(42-2)28-13-10-26(28)19-38-20-35(16-4-6-24-17-27(36)12-14-29(24)35)21-43-32-15-11-25(18-30(32)38)34(39)37-44(40,41)33(22)23-8-9-23/h3,7,11-12,14-15,17-18,22-23,26,28,31,33H,4-6,8-10,13,16,19-21H2,1-2H3,(H,37,39)/b7-3-/t22-,26-,28+,31-,33+,35-/m0/s1. The molecule has 7 nitrogen and oxygen atoms in total. The fraction of sp³-hybridized carbons (Fsp3) is 0.571. The van der Waals surface area contributed by atoms with Crippen molar-refractivity contribution in [1.82, 2.24) is 4.72 Å². The van der Waals surface area contributed by atoms with Crippen molar-refractivity contribution in [2.24, 2.45) is 23.7 Å². The molecule has 0 unspecified atom stereocenters. The Labute approximate surface area is 266 Å². The number of hydrogen-bond acceptors (Lipinski definition) is 6. The van der Waals surface area contributed by atoms with E-state index in [-0.39, 0.29) is 23.4 Å². The van der Waals surface area contributed by atoms with Crippen LogP contribution in [0, 0.1) is 23.7 Å². The number of rotatable bonds is 2. The molecule has 1 spiro atoms. The van der Waals surface area contributed by atoms with Crippen LogP contribution in [-0.2, 0) is 26.6 Å². The highest BCUT2D eigenvalue weighted by Gasteiger charge is 2.46. The Morgan fingerprint density at radius 2 is 1.91 bits per heavy atom. The monoisotopic (exact) mass is 638 g/mol. The molecule has 236 valence electrons. The van der Waals surface area contributed by atoms with Crippen LogP contribution >= 0.6 is 11.6 Å². The molecule has 0 aromatic heterocycles. The fourth-order valence-electron chi connectivity index (χ4n) is 8.45. The molecule has 0 saturated heterocycles. The van der Waals surface area contributed by atoms with Gasteiger partial charge >= 0.3 is 0 Å². The molecule has 9 heteroatoms. The van der Waals surface area contributed by atoms with Crippen LogP contribution in [0.3, 0.4) is 0 Å². The van der Waals surface area contributed by atoms with Crippen LogP contribution in [0.4, 0.5) is 5.69 Å². The number of methoxy groups -OCH3 is 1. The molecule has 3 aliphatic carbocycles. The number of halogens is 1. The minimum Gasteiger partial charge on any atom is -0.490 e. The van der Waals surface area contributed by atoms with E-state index in [4.69, 9.17) is 21.1 Å².